The largest absolute Gasteiger partial charge is 0.493 e. The Balaban J connectivity index is 2.05. The number of Topliss-reactive ketones (excluding diaryl/α,β-unsaturated/α-hetero) is 1. The number of amides is 1. The van der Waals surface area contributed by atoms with Gasteiger partial charge in [0.25, 0.3) is 11.7 Å². The van der Waals surface area contributed by atoms with Gasteiger partial charge in [0.1, 0.15) is 0 Å². The number of nitrogens with zero attached hydrogens (tertiary/aromatic N) is 1. The van der Waals surface area contributed by atoms with Gasteiger partial charge in [-0.15, -0.1) is 0 Å². The molecule has 2 aromatic carbocycles. The SMILES string of the molecule is COc1cc2c(c(OC)c1OC)C(=O)C(=O)N2Cc1ccc(C(C)C)cc1. The molecule has 0 atom stereocenters. The average molecular weight is 369 g/mol. The third kappa shape index (κ3) is 3.12. The van der Waals surface area contributed by atoms with Gasteiger partial charge >= 0.3 is 0 Å². The molecule has 0 bridgehead atoms. The predicted molar refractivity (Wildman–Crippen MR) is 102 cm³/mol. The van der Waals surface area contributed by atoms with Gasteiger partial charge in [-0.3, -0.25) is 9.59 Å². The van der Waals surface area contributed by atoms with E-state index in [1.54, 1.807) is 6.07 Å². The topological polar surface area (TPSA) is 65.1 Å². The second kappa shape index (κ2) is 7.31. The van der Waals surface area contributed by atoms with Crippen molar-refractivity contribution in [2.45, 2.75) is 26.3 Å². The maximum Gasteiger partial charge on any atom is 0.299 e. The third-order valence-corrected chi connectivity index (χ3v) is 4.75. The lowest BCUT2D eigenvalue weighted by atomic mass is 10.0. The van der Waals surface area contributed by atoms with Gasteiger partial charge in [-0.2, -0.15) is 0 Å². The van der Waals surface area contributed by atoms with Crippen LogP contribution in [0.3, 0.4) is 0 Å². The number of methoxy groups -OCH3 is 3. The second-order valence-corrected chi connectivity index (χ2v) is 6.66. The van der Waals surface area contributed by atoms with Gasteiger partial charge in [-0.25, -0.2) is 0 Å². The number of rotatable bonds is 6. The lowest BCUT2D eigenvalue weighted by Gasteiger charge is -2.20. The van der Waals surface area contributed by atoms with Crippen LogP contribution in [0.1, 0.15) is 41.3 Å². The normalized spacial score (nSPS) is 13.2. The van der Waals surface area contributed by atoms with Crippen LogP contribution < -0.4 is 19.1 Å². The predicted octanol–water partition coefficient (Wildman–Crippen LogP) is 3.57. The standard InChI is InChI=1S/C21H23NO5/c1-12(2)14-8-6-13(7-9-14)11-22-15-10-16(25-3)19(26-4)20(27-5)17(15)18(23)21(22)24/h6-10,12H,11H2,1-5H3. The lowest BCUT2D eigenvalue weighted by Crippen LogP contribution is -2.29. The molecule has 2 aromatic rings. The van der Waals surface area contributed by atoms with Crippen LogP contribution in [0.4, 0.5) is 5.69 Å². The molecule has 0 saturated heterocycles. The fraction of sp³-hybridized carbons (Fsp3) is 0.333. The monoisotopic (exact) mass is 369 g/mol. The molecule has 0 fully saturated rings. The molecule has 142 valence electrons. The fourth-order valence-electron chi connectivity index (χ4n) is 3.26. The Hall–Kier alpha value is -3.02. The number of anilines is 1. The van der Waals surface area contributed by atoms with Crippen LogP contribution in [0.15, 0.2) is 30.3 Å². The van der Waals surface area contributed by atoms with Gasteiger partial charge in [-0.05, 0) is 17.0 Å². The first-order valence-electron chi connectivity index (χ1n) is 8.70. The zero-order chi connectivity index (χ0) is 19.7. The third-order valence-electron chi connectivity index (χ3n) is 4.75. The maximum absolute atomic E-state index is 12.6. The van der Waals surface area contributed by atoms with E-state index in [0.29, 0.717) is 23.1 Å². The van der Waals surface area contributed by atoms with E-state index in [-0.39, 0.29) is 17.9 Å². The van der Waals surface area contributed by atoms with E-state index in [2.05, 4.69) is 13.8 Å². The molecule has 0 aromatic heterocycles. The number of hydrogen-bond acceptors (Lipinski definition) is 5. The van der Waals surface area contributed by atoms with Crippen LogP contribution in [-0.4, -0.2) is 33.0 Å². The van der Waals surface area contributed by atoms with Crippen LogP contribution in [-0.2, 0) is 11.3 Å². The summed E-state index contributed by atoms with van der Waals surface area (Å²) in [6, 6.07) is 9.67. The molecule has 0 saturated carbocycles. The second-order valence-electron chi connectivity index (χ2n) is 6.66. The first-order valence-corrected chi connectivity index (χ1v) is 8.70. The van der Waals surface area contributed by atoms with E-state index in [4.69, 9.17) is 14.2 Å². The van der Waals surface area contributed by atoms with Crippen molar-refractivity contribution in [2.75, 3.05) is 26.2 Å². The highest BCUT2D eigenvalue weighted by atomic mass is 16.5. The van der Waals surface area contributed by atoms with Crippen molar-refractivity contribution >= 4 is 17.4 Å². The Kier molecular flexibility index (Phi) is 5.08. The van der Waals surface area contributed by atoms with Gasteiger partial charge < -0.3 is 19.1 Å². The van der Waals surface area contributed by atoms with Crippen LogP contribution >= 0.6 is 0 Å². The molecule has 0 unspecified atom stereocenters. The van der Waals surface area contributed by atoms with Crippen LogP contribution in [0.5, 0.6) is 17.2 Å². The van der Waals surface area contributed by atoms with E-state index in [1.165, 1.54) is 31.8 Å². The van der Waals surface area contributed by atoms with E-state index in [9.17, 15) is 9.59 Å². The van der Waals surface area contributed by atoms with E-state index >= 15 is 0 Å². The van der Waals surface area contributed by atoms with Gasteiger partial charge in [0.05, 0.1) is 39.1 Å². The molecule has 0 aliphatic carbocycles. The first-order chi connectivity index (χ1) is 12.9. The van der Waals surface area contributed by atoms with Crippen molar-refractivity contribution in [3.8, 4) is 17.2 Å². The summed E-state index contributed by atoms with van der Waals surface area (Å²) >= 11 is 0. The van der Waals surface area contributed by atoms with Gasteiger partial charge in [0.2, 0.25) is 5.75 Å². The summed E-state index contributed by atoms with van der Waals surface area (Å²) in [6.45, 7) is 4.54. The first kappa shape index (κ1) is 18.8. The Labute approximate surface area is 158 Å². The number of carbonyl (C=O) groups is 2. The van der Waals surface area contributed by atoms with Crippen molar-refractivity contribution in [3.05, 3.63) is 47.0 Å². The summed E-state index contributed by atoms with van der Waals surface area (Å²) in [5, 5.41) is 0. The summed E-state index contributed by atoms with van der Waals surface area (Å²) in [5.41, 5.74) is 2.82. The Morgan fingerprint density at radius 3 is 2.07 bits per heavy atom. The summed E-state index contributed by atoms with van der Waals surface area (Å²) in [7, 11) is 4.39. The highest BCUT2D eigenvalue weighted by Crippen LogP contribution is 2.48. The number of benzene rings is 2. The molecule has 0 N–H and O–H groups in total. The molecule has 1 aliphatic heterocycles. The molecule has 1 amide bonds. The summed E-state index contributed by atoms with van der Waals surface area (Å²) < 4.78 is 16.1. The summed E-state index contributed by atoms with van der Waals surface area (Å²) in [5.74, 6) is 0.130. The smallest absolute Gasteiger partial charge is 0.299 e. The van der Waals surface area contributed by atoms with Crippen LogP contribution in [0.25, 0.3) is 0 Å². The fourth-order valence-corrected chi connectivity index (χ4v) is 3.26. The minimum atomic E-state index is -0.610. The van der Waals surface area contributed by atoms with E-state index < -0.39 is 11.7 Å². The molecule has 1 aliphatic rings. The van der Waals surface area contributed by atoms with Gasteiger partial charge in [0, 0.05) is 6.07 Å². The highest BCUT2D eigenvalue weighted by Gasteiger charge is 2.41. The van der Waals surface area contributed by atoms with Crippen molar-refractivity contribution in [3.63, 3.8) is 0 Å². The number of fused-ring (bicyclic) bond motifs is 1. The van der Waals surface area contributed by atoms with Gasteiger partial charge in [0.15, 0.2) is 11.5 Å². The molecule has 3 rings (SSSR count). The summed E-state index contributed by atoms with van der Waals surface area (Å²) in [4.78, 5) is 26.7. The number of ether oxygens (including phenoxy) is 3. The molecule has 27 heavy (non-hydrogen) atoms. The number of carbonyl (C=O) groups excluding carboxylic acids is 2. The zero-order valence-corrected chi connectivity index (χ0v) is 16.2. The minimum Gasteiger partial charge on any atom is -0.493 e. The number of hydrogen-bond donors (Lipinski definition) is 0. The highest BCUT2D eigenvalue weighted by molar-refractivity contribution is 6.53. The quantitative estimate of drug-likeness (QED) is 0.729. The lowest BCUT2D eigenvalue weighted by molar-refractivity contribution is -0.114. The zero-order valence-electron chi connectivity index (χ0n) is 16.2. The van der Waals surface area contributed by atoms with Crippen molar-refractivity contribution in [1.29, 1.82) is 0 Å². The molecular weight excluding hydrogens is 346 g/mol. The molecule has 0 radical (unpaired) electrons. The Morgan fingerprint density at radius 1 is 0.926 bits per heavy atom. The van der Waals surface area contributed by atoms with Crippen LogP contribution in [0.2, 0.25) is 0 Å². The van der Waals surface area contributed by atoms with Gasteiger partial charge in [-0.1, -0.05) is 38.1 Å². The average Bonchev–Trinajstić information content (AvgIpc) is 2.91. The van der Waals surface area contributed by atoms with Crippen molar-refractivity contribution < 1.29 is 23.8 Å². The Morgan fingerprint density at radius 2 is 1.56 bits per heavy atom. The molecule has 6 heteroatoms. The Bertz CT molecular complexity index is 886. The van der Waals surface area contributed by atoms with Crippen molar-refractivity contribution in [1.82, 2.24) is 0 Å². The molecule has 0 spiro atoms. The maximum atomic E-state index is 12.6. The molecular formula is C21H23NO5. The molecule has 6 nitrogen and oxygen atoms in total. The number of ketones is 1. The summed E-state index contributed by atoms with van der Waals surface area (Å²) in [6.07, 6.45) is 0. The van der Waals surface area contributed by atoms with Crippen molar-refractivity contribution in [2.24, 2.45) is 0 Å². The van der Waals surface area contributed by atoms with E-state index in [1.807, 2.05) is 24.3 Å². The van der Waals surface area contributed by atoms with E-state index in [0.717, 1.165) is 5.56 Å². The van der Waals surface area contributed by atoms with Crippen LogP contribution in [0, 0.1) is 0 Å². The minimum absolute atomic E-state index is 0.207. The molecule has 1 heterocycles.